The second-order valence-electron chi connectivity index (χ2n) is 5.87. The summed E-state index contributed by atoms with van der Waals surface area (Å²) in [4.78, 5) is 13.9. The highest BCUT2D eigenvalue weighted by Gasteiger charge is 2.19. The standard InChI is InChI=1S/C21H13Cl2N3O/c22-17-10-6-14(7-11-17)19-20(15-8-12-18(23)13-9-15)25-26(24-19)21(27)16-4-2-1-3-5-16/h1-13H. The normalized spacial score (nSPS) is 10.7. The highest BCUT2D eigenvalue weighted by Crippen LogP contribution is 2.30. The van der Waals surface area contributed by atoms with Crippen molar-refractivity contribution >= 4 is 29.1 Å². The van der Waals surface area contributed by atoms with E-state index in [4.69, 9.17) is 23.2 Å². The van der Waals surface area contributed by atoms with E-state index in [-0.39, 0.29) is 5.91 Å². The van der Waals surface area contributed by atoms with Crippen molar-refractivity contribution in [2.75, 3.05) is 0 Å². The van der Waals surface area contributed by atoms with Gasteiger partial charge in [0.25, 0.3) is 5.91 Å². The molecular formula is C21H13Cl2N3O. The smallest absolute Gasteiger partial charge is 0.265 e. The summed E-state index contributed by atoms with van der Waals surface area (Å²) >= 11 is 12.0. The Morgan fingerprint density at radius 3 is 1.56 bits per heavy atom. The number of hydrogen-bond acceptors (Lipinski definition) is 3. The first-order chi connectivity index (χ1) is 13.1. The largest absolute Gasteiger partial charge is 0.295 e. The first-order valence-corrected chi connectivity index (χ1v) is 8.96. The third-order valence-corrected chi connectivity index (χ3v) is 4.56. The van der Waals surface area contributed by atoms with E-state index in [1.54, 1.807) is 48.5 Å². The molecule has 0 aliphatic carbocycles. The third-order valence-electron chi connectivity index (χ3n) is 4.05. The first-order valence-electron chi connectivity index (χ1n) is 8.21. The van der Waals surface area contributed by atoms with E-state index in [0.717, 1.165) is 15.9 Å². The minimum Gasteiger partial charge on any atom is -0.265 e. The number of rotatable bonds is 3. The number of halogens is 2. The predicted octanol–water partition coefficient (Wildman–Crippen LogP) is 5.61. The van der Waals surface area contributed by atoms with Crippen molar-refractivity contribution < 1.29 is 4.79 Å². The number of aromatic nitrogens is 3. The van der Waals surface area contributed by atoms with Gasteiger partial charge in [0.2, 0.25) is 0 Å². The number of hydrogen-bond donors (Lipinski definition) is 0. The van der Waals surface area contributed by atoms with Crippen molar-refractivity contribution in [1.29, 1.82) is 0 Å². The van der Waals surface area contributed by atoms with Gasteiger partial charge in [-0.2, -0.15) is 0 Å². The summed E-state index contributed by atoms with van der Waals surface area (Å²) in [5.74, 6) is -0.300. The summed E-state index contributed by atoms with van der Waals surface area (Å²) in [5, 5.41) is 10.2. The van der Waals surface area contributed by atoms with Gasteiger partial charge in [-0.15, -0.1) is 15.0 Å². The molecule has 0 atom stereocenters. The zero-order chi connectivity index (χ0) is 18.8. The van der Waals surface area contributed by atoms with Crippen LogP contribution in [0.2, 0.25) is 10.0 Å². The number of carbonyl (C=O) groups is 1. The Hall–Kier alpha value is -2.95. The third kappa shape index (κ3) is 3.63. The lowest BCUT2D eigenvalue weighted by Crippen LogP contribution is -2.15. The molecule has 0 aliphatic heterocycles. The van der Waals surface area contributed by atoms with Crippen LogP contribution in [0, 0.1) is 0 Å². The fourth-order valence-electron chi connectivity index (χ4n) is 2.70. The average molecular weight is 394 g/mol. The average Bonchev–Trinajstić information content (AvgIpc) is 3.14. The molecule has 0 aliphatic rings. The molecule has 0 N–H and O–H groups in total. The Balaban J connectivity index is 1.85. The van der Waals surface area contributed by atoms with E-state index in [0.29, 0.717) is 27.0 Å². The lowest BCUT2D eigenvalue weighted by atomic mass is 10.1. The molecule has 1 heterocycles. The molecule has 27 heavy (non-hydrogen) atoms. The molecule has 0 unspecified atom stereocenters. The molecule has 4 aromatic rings. The summed E-state index contributed by atoms with van der Waals surface area (Å²) in [6, 6.07) is 23.4. The molecule has 4 rings (SSSR count). The first kappa shape index (κ1) is 17.5. The molecule has 0 amide bonds. The van der Waals surface area contributed by atoms with Crippen molar-refractivity contribution in [1.82, 2.24) is 15.0 Å². The summed E-state index contributed by atoms with van der Waals surface area (Å²) in [5.41, 5.74) is 3.34. The van der Waals surface area contributed by atoms with Crippen LogP contribution in [0.4, 0.5) is 0 Å². The van der Waals surface area contributed by atoms with Gasteiger partial charge in [0.15, 0.2) is 0 Å². The maximum absolute atomic E-state index is 12.8. The molecule has 132 valence electrons. The van der Waals surface area contributed by atoms with Crippen LogP contribution in [0.1, 0.15) is 10.4 Å². The zero-order valence-electron chi connectivity index (χ0n) is 14.0. The van der Waals surface area contributed by atoms with Gasteiger partial charge in [0.05, 0.1) is 0 Å². The van der Waals surface area contributed by atoms with Crippen LogP contribution in [0.3, 0.4) is 0 Å². The SMILES string of the molecule is O=C(c1ccccc1)n1nc(-c2ccc(Cl)cc2)c(-c2ccc(Cl)cc2)n1. The van der Waals surface area contributed by atoms with Crippen LogP contribution < -0.4 is 0 Å². The molecule has 0 fully saturated rings. The Morgan fingerprint density at radius 1 is 0.667 bits per heavy atom. The van der Waals surface area contributed by atoms with Gasteiger partial charge >= 0.3 is 0 Å². The summed E-state index contributed by atoms with van der Waals surface area (Å²) < 4.78 is 0. The Morgan fingerprint density at radius 2 is 1.11 bits per heavy atom. The Bertz CT molecular complexity index is 1030. The Kier molecular flexibility index (Phi) is 4.75. The van der Waals surface area contributed by atoms with Crippen LogP contribution in [-0.4, -0.2) is 20.9 Å². The van der Waals surface area contributed by atoms with E-state index in [1.807, 2.05) is 30.3 Å². The lowest BCUT2D eigenvalue weighted by molar-refractivity contribution is 0.0927. The van der Waals surface area contributed by atoms with Crippen molar-refractivity contribution in [2.24, 2.45) is 0 Å². The highest BCUT2D eigenvalue weighted by atomic mass is 35.5. The van der Waals surface area contributed by atoms with Gasteiger partial charge in [-0.05, 0) is 36.4 Å². The number of nitrogens with zero attached hydrogens (tertiary/aromatic N) is 3. The summed E-state index contributed by atoms with van der Waals surface area (Å²) in [6.07, 6.45) is 0. The fraction of sp³-hybridized carbons (Fsp3) is 0. The molecule has 6 heteroatoms. The van der Waals surface area contributed by atoms with E-state index in [2.05, 4.69) is 10.2 Å². The molecule has 1 aromatic heterocycles. The van der Waals surface area contributed by atoms with Crippen LogP contribution >= 0.6 is 23.2 Å². The second-order valence-corrected chi connectivity index (χ2v) is 6.74. The van der Waals surface area contributed by atoms with Crippen molar-refractivity contribution in [2.45, 2.75) is 0 Å². The molecule has 0 bridgehead atoms. The van der Waals surface area contributed by atoms with E-state index in [9.17, 15) is 4.79 Å². The maximum Gasteiger partial charge on any atom is 0.295 e. The Labute approximate surface area is 166 Å². The number of carbonyl (C=O) groups excluding carboxylic acids is 1. The topological polar surface area (TPSA) is 47.8 Å². The van der Waals surface area contributed by atoms with Gasteiger partial charge < -0.3 is 0 Å². The van der Waals surface area contributed by atoms with Gasteiger partial charge in [0, 0.05) is 26.7 Å². The van der Waals surface area contributed by atoms with Gasteiger partial charge in [0.1, 0.15) is 11.4 Å². The maximum atomic E-state index is 12.8. The summed E-state index contributed by atoms with van der Waals surface area (Å²) in [6.45, 7) is 0. The quantitative estimate of drug-likeness (QED) is 0.454. The minimum atomic E-state index is -0.300. The van der Waals surface area contributed by atoms with Gasteiger partial charge in [-0.25, -0.2) is 0 Å². The van der Waals surface area contributed by atoms with Crippen LogP contribution in [-0.2, 0) is 0 Å². The van der Waals surface area contributed by atoms with Crippen molar-refractivity contribution in [3.05, 3.63) is 94.5 Å². The molecule has 3 aromatic carbocycles. The molecule has 4 nitrogen and oxygen atoms in total. The van der Waals surface area contributed by atoms with Crippen LogP contribution in [0.15, 0.2) is 78.9 Å². The van der Waals surface area contributed by atoms with Crippen LogP contribution in [0.25, 0.3) is 22.5 Å². The van der Waals surface area contributed by atoms with Crippen molar-refractivity contribution in [3.63, 3.8) is 0 Å². The number of benzene rings is 3. The van der Waals surface area contributed by atoms with E-state index >= 15 is 0 Å². The molecule has 0 saturated heterocycles. The zero-order valence-corrected chi connectivity index (χ0v) is 15.5. The molecule has 0 radical (unpaired) electrons. The van der Waals surface area contributed by atoms with Crippen LogP contribution in [0.5, 0.6) is 0 Å². The fourth-order valence-corrected chi connectivity index (χ4v) is 2.95. The van der Waals surface area contributed by atoms with Crippen molar-refractivity contribution in [3.8, 4) is 22.5 Å². The molecule has 0 saturated carbocycles. The molecular weight excluding hydrogens is 381 g/mol. The highest BCUT2D eigenvalue weighted by molar-refractivity contribution is 6.31. The predicted molar refractivity (Wildman–Crippen MR) is 107 cm³/mol. The molecule has 0 spiro atoms. The monoisotopic (exact) mass is 393 g/mol. The second kappa shape index (κ2) is 7.35. The minimum absolute atomic E-state index is 0.300. The van der Waals surface area contributed by atoms with Gasteiger partial charge in [-0.1, -0.05) is 65.7 Å². The van der Waals surface area contributed by atoms with E-state index in [1.165, 1.54) is 0 Å². The van der Waals surface area contributed by atoms with Gasteiger partial charge in [-0.3, -0.25) is 4.79 Å². The lowest BCUT2D eigenvalue weighted by Gasteiger charge is -2.01. The van der Waals surface area contributed by atoms with E-state index < -0.39 is 0 Å². The summed E-state index contributed by atoms with van der Waals surface area (Å²) in [7, 11) is 0.